The van der Waals surface area contributed by atoms with Crippen LogP contribution in [0, 0.1) is 5.82 Å². The number of halogens is 3. The van der Waals surface area contributed by atoms with E-state index in [4.69, 9.17) is 11.6 Å². The summed E-state index contributed by atoms with van der Waals surface area (Å²) >= 11 is 9.06. The summed E-state index contributed by atoms with van der Waals surface area (Å²) in [5.41, 5.74) is 7.22. The molecular formula is C16H14BrClFN3O. The highest BCUT2D eigenvalue weighted by molar-refractivity contribution is 9.10. The van der Waals surface area contributed by atoms with Gasteiger partial charge in [-0.25, -0.2) is 15.2 Å². The molecule has 0 radical (unpaired) electrons. The van der Waals surface area contributed by atoms with Crippen LogP contribution in [0.15, 0.2) is 46.9 Å². The number of hydrazine groups is 1. The zero-order chi connectivity index (χ0) is 16.4. The van der Waals surface area contributed by atoms with E-state index < -0.39 is 11.9 Å². The van der Waals surface area contributed by atoms with Crippen molar-refractivity contribution in [2.75, 3.05) is 5.32 Å². The minimum absolute atomic E-state index is 0.00205. The molecule has 1 aliphatic heterocycles. The summed E-state index contributed by atoms with van der Waals surface area (Å²) in [5.74, 6) is -0.761. The molecule has 1 heterocycles. The van der Waals surface area contributed by atoms with Crippen LogP contribution in [0.2, 0.25) is 5.02 Å². The van der Waals surface area contributed by atoms with Crippen molar-refractivity contribution < 1.29 is 9.18 Å². The van der Waals surface area contributed by atoms with Crippen molar-refractivity contribution in [1.29, 1.82) is 0 Å². The van der Waals surface area contributed by atoms with Crippen LogP contribution in [0.25, 0.3) is 0 Å². The van der Waals surface area contributed by atoms with Crippen LogP contribution < -0.4 is 16.2 Å². The summed E-state index contributed by atoms with van der Waals surface area (Å²) in [7, 11) is 0. The zero-order valence-corrected chi connectivity index (χ0v) is 14.3. The highest BCUT2D eigenvalue weighted by Gasteiger charge is 2.30. The second-order valence-corrected chi connectivity index (χ2v) is 6.65. The van der Waals surface area contributed by atoms with Crippen molar-refractivity contribution in [1.82, 2.24) is 10.9 Å². The Morgan fingerprint density at radius 1 is 1.22 bits per heavy atom. The lowest BCUT2D eigenvalue weighted by Crippen LogP contribution is -2.39. The summed E-state index contributed by atoms with van der Waals surface area (Å²) in [6.07, 6.45) is 0.561. The molecule has 2 aromatic rings. The Balaban J connectivity index is 1.64. The van der Waals surface area contributed by atoms with E-state index in [0.29, 0.717) is 15.9 Å². The highest BCUT2D eigenvalue weighted by atomic mass is 79.9. The molecule has 1 saturated heterocycles. The van der Waals surface area contributed by atoms with Crippen LogP contribution in [0.4, 0.5) is 10.1 Å². The van der Waals surface area contributed by atoms with Gasteiger partial charge in [-0.2, -0.15) is 0 Å². The number of hydrogen-bond donors (Lipinski definition) is 3. The van der Waals surface area contributed by atoms with Crippen molar-refractivity contribution >= 4 is 39.1 Å². The third-order valence-corrected chi connectivity index (χ3v) is 4.43. The first-order chi connectivity index (χ1) is 11.0. The van der Waals surface area contributed by atoms with E-state index in [-0.39, 0.29) is 17.6 Å². The summed E-state index contributed by atoms with van der Waals surface area (Å²) in [6, 6.07) is 11.5. The smallest absolute Gasteiger partial charge is 0.243 e. The molecule has 120 valence electrons. The first-order valence-corrected chi connectivity index (χ1v) is 8.22. The summed E-state index contributed by atoms with van der Waals surface area (Å²) in [6.45, 7) is 0. The van der Waals surface area contributed by atoms with Crippen LogP contribution in [-0.4, -0.2) is 11.9 Å². The van der Waals surface area contributed by atoms with Gasteiger partial charge >= 0.3 is 0 Å². The first-order valence-electron chi connectivity index (χ1n) is 7.05. The average molecular weight is 399 g/mol. The monoisotopic (exact) mass is 397 g/mol. The Kier molecular flexibility index (Phi) is 4.96. The number of carbonyl (C=O) groups excluding carboxylic acids is 1. The molecule has 1 aliphatic rings. The lowest BCUT2D eigenvalue weighted by Gasteiger charge is -2.11. The summed E-state index contributed by atoms with van der Waals surface area (Å²) < 4.78 is 14.4. The third-order valence-electron chi connectivity index (χ3n) is 3.68. The van der Waals surface area contributed by atoms with Crippen molar-refractivity contribution in [3.05, 3.63) is 63.3 Å². The van der Waals surface area contributed by atoms with Crippen LogP contribution in [0.5, 0.6) is 0 Å². The second-order valence-electron chi connectivity index (χ2n) is 5.29. The van der Waals surface area contributed by atoms with E-state index >= 15 is 0 Å². The third kappa shape index (κ3) is 3.90. The van der Waals surface area contributed by atoms with Gasteiger partial charge in [0.2, 0.25) is 5.91 Å². The molecule has 23 heavy (non-hydrogen) atoms. The van der Waals surface area contributed by atoms with Gasteiger partial charge in [-0.15, -0.1) is 0 Å². The lowest BCUT2D eigenvalue weighted by molar-refractivity contribution is -0.117. The maximum Gasteiger partial charge on any atom is 0.243 e. The van der Waals surface area contributed by atoms with E-state index in [1.165, 1.54) is 12.1 Å². The van der Waals surface area contributed by atoms with Crippen molar-refractivity contribution in [3.8, 4) is 0 Å². The fourth-order valence-corrected chi connectivity index (χ4v) is 2.91. The maximum absolute atomic E-state index is 13.8. The van der Waals surface area contributed by atoms with Crippen LogP contribution >= 0.6 is 27.5 Å². The molecule has 4 nitrogen and oxygen atoms in total. The lowest BCUT2D eigenvalue weighted by atomic mass is 10.0. The van der Waals surface area contributed by atoms with Gasteiger partial charge in [-0.1, -0.05) is 39.7 Å². The van der Waals surface area contributed by atoms with E-state index in [2.05, 4.69) is 32.1 Å². The van der Waals surface area contributed by atoms with E-state index in [1.807, 2.05) is 24.3 Å². The van der Waals surface area contributed by atoms with Gasteiger partial charge in [0.05, 0.1) is 5.69 Å². The van der Waals surface area contributed by atoms with Gasteiger partial charge in [-0.05, 0) is 42.3 Å². The molecule has 0 aliphatic carbocycles. The normalized spacial score (nSPS) is 20.5. The van der Waals surface area contributed by atoms with Gasteiger partial charge < -0.3 is 5.32 Å². The average Bonchev–Trinajstić information content (AvgIpc) is 3.01. The SMILES string of the molecule is O=C(Nc1ccc(Br)cc1F)C1CC(c2ccc(Cl)cc2)NN1. The van der Waals surface area contributed by atoms with Gasteiger partial charge in [0.1, 0.15) is 11.9 Å². The van der Waals surface area contributed by atoms with Crippen molar-refractivity contribution in [2.24, 2.45) is 0 Å². The Bertz CT molecular complexity index is 726. The Morgan fingerprint density at radius 2 is 1.96 bits per heavy atom. The molecule has 2 atom stereocenters. The van der Waals surface area contributed by atoms with Crippen molar-refractivity contribution in [3.63, 3.8) is 0 Å². The van der Waals surface area contributed by atoms with Crippen LogP contribution in [-0.2, 0) is 4.79 Å². The second kappa shape index (κ2) is 6.97. The van der Waals surface area contributed by atoms with Gasteiger partial charge in [0, 0.05) is 15.5 Å². The molecule has 7 heteroatoms. The first kappa shape index (κ1) is 16.4. The highest BCUT2D eigenvalue weighted by Crippen LogP contribution is 2.25. The number of rotatable bonds is 3. The standard InChI is InChI=1S/C16H14BrClFN3O/c17-10-3-6-13(12(19)7-10)20-16(23)15-8-14(21-22-15)9-1-4-11(18)5-2-9/h1-7,14-15,21-22H,8H2,(H,20,23). The number of benzene rings is 2. The topological polar surface area (TPSA) is 53.2 Å². The zero-order valence-electron chi connectivity index (χ0n) is 11.9. The Morgan fingerprint density at radius 3 is 2.65 bits per heavy atom. The fraction of sp³-hybridized carbons (Fsp3) is 0.188. The largest absolute Gasteiger partial charge is 0.322 e. The predicted molar refractivity (Wildman–Crippen MR) is 91.6 cm³/mol. The molecule has 2 unspecified atom stereocenters. The molecule has 1 amide bonds. The molecule has 0 spiro atoms. The molecular weight excluding hydrogens is 385 g/mol. The summed E-state index contributed by atoms with van der Waals surface area (Å²) in [5, 5.41) is 3.27. The summed E-state index contributed by atoms with van der Waals surface area (Å²) in [4.78, 5) is 12.3. The Hall–Kier alpha value is -1.47. The van der Waals surface area contributed by atoms with E-state index in [0.717, 1.165) is 5.56 Å². The quantitative estimate of drug-likeness (QED) is 0.737. The fourth-order valence-electron chi connectivity index (χ4n) is 2.45. The number of carbonyl (C=O) groups is 1. The number of hydrogen-bond acceptors (Lipinski definition) is 3. The molecule has 0 saturated carbocycles. The molecule has 3 rings (SSSR count). The van der Waals surface area contributed by atoms with Crippen molar-refractivity contribution in [2.45, 2.75) is 18.5 Å². The molecule has 0 aromatic heterocycles. The molecule has 0 bridgehead atoms. The molecule has 2 aromatic carbocycles. The number of nitrogens with one attached hydrogen (secondary N) is 3. The predicted octanol–water partition coefficient (Wildman–Crippen LogP) is 3.79. The number of amides is 1. The Labute approximate surface area is 146 Å². The van der Waals surface area contributed by atoms with Crippen LogP contribution in [0.1, 0.15) is 18.0 Å². The van der Waals surface area contributed by atoms with Gasteiger partial charge in [-0.3, -0.25) is 4.79 Å². The van der Waals surface area contributed by atoms with Crippen LogP contribution in [0.3, 0.4) is 0 Å². The molecule has 1 fully saturated rings. The minimum atomic E-state index is -0.479. The van der Waals surface area contributed by atoms with Gasteiger partial charge in [0.15, 0.2) is 0 Å². The van der Waals surface area contributed by atoms with E-state index in [1.54, 1.807) is 6.07 Å². The minimum Gasteiger partial charge on any atom is -0.322 e. The molecule has 3 N–H and O–H groups in total. The van der Waals surface area contributed by atoms with Gasteiger partial charge in [0.25, 0.3) is 0 Å². The maximum atomic E-state index is 13.8. The van der Waals surface area contributed by atoms with E-state index in [9.17, 15) is 9.18 Å². The number of anilines is 1.